The molecule has 0 bridgehead atoms. The molecule has 0 amide bonds. The van der Waals surface area contributed by atoms with E-state index in [4.69, 9.17) is 15.9 Å². The van der Waals surface area contributed by atoms with E-state index in [1.807, 2.05) is 11.8 Å². The Labute approximate surface area is 120 Å². The first-order valence-electron chi connectivity index (χ1n) is 6.19. The SMILES string of the molecule is CC1CN(c2ccc(C(=N)N)c(Br)c2F)CCCO1. The van der Waals surface area contributed by atoms with Crippen molar-refractivity contribution in [1.29, 1.82) is 5.41 Å². The minimum absolute atomic E-state index is 0.0770. The largest absolute Gasteiger partial charge is 0.384 e. The van der Waals surface area contributed by atoms with E-state index < -0.39 is 0 Å². The number of nitrogen functional groups attached to an aromatic ring is 1. The predicted octanol–water partition coefficient (Wildman–Crippen LogP) is 2.49. The highest BCUT2D eigenvalue weighted by Gasteiger charge is 2.21. The monoisotopic (exact) mass is 329 g/mol. The van der Waals surface area contributed by atoms with Gasteiger partial charge in [-0.05, 0) is 41.4 Å². The van der Waals surface area contributed by atoms with Crippen LogP contribution in [0.4, 0.5) is 10.1 Å². The lowest BCUT2D eigenvalue weighted by atomic mass is 10.1. The highest BCUT2D eigenvalue weighted by Crippen LogP contribution is 2.30. The van der Waals surface area contributed by atoms with E-state index >= 15 is 0 Å². The Morgan fingerprint density at radius 3 is 3.00 bits per heavy atom. The van der Waals surface area contributed by atoms with Crippen molar-refractivity contribution in [2.24, 2.45) is 5.73 Å². The van der Waals surface area contributed by atoms with Gasteiger partial charge in [-0.2, -0.15) is 0 Å². The molecule has 1 aliphatic heterocycles. The summed E-state index contributed by atoms with van der Waals surface area (Å²) in [7, 11) is 0. The fraction of sp³-hybridized carbons (Fsp3) is 0.462. The van der Waals surface area contributed by atoms with Gasteiger partial charge in [0.1, 0.15) is 5.84 Å². The number of ether oxygens (including phenoxy) is 1. The van der Waals surface area contributed by atoms with Gasteiger partial charge in [0.05, 0.1) is 16.3 Å². The third-order valence-corrected chi connectivity index (χ3v) is 3.92. The summed E-state index contributed by atoms with van der Waals surface area (Å²) in [6, 6.07) is 3.34. The standard InChI is InChI=1S/C13H17BrFN3O/c1-8-7-18(5-2-6-19-8)10-4-3-9(13(16)17)11(14)12(10)15/h3-4,8H,2,5-7H2,1H3,(H3,16,17). The van der Waals surface area contributed by atoms with Gasteiger partial charge in [-0.15, -0.1) is 0 Å². The topological polar surface area (TPSA) is 62.3 Å². The molecule has 3 N–H and O–H groups in total. The van der Waals surface area contributed by atoms with Crippen LogP contribution in [0, 0.1) is 11.2 Å². The molecule has 1 heterocycles. The zero-order chi connectivity index (χ0) is 14.0. The molecule has 6 heteroatoms. The summed E-state index contributed by atoms with van der Waals surface area (Å²) in [6.45, 7) is 4.09. The van der Waals surface area contributed by atoms with Crippen LogP contribution >= 0.6 is 15.9 Å². The molecular weight excluding hydrogens is 313 g/mol. The van der Waals surface area contributed by atoms with Gasteiger partial charge in [-0.1, -0.05) is 0 Å². The molecule has 2 rings (SSSR count). The van der Waals surface area contributed by atoms with Crippen LogP contribution in [0.15, 0.2) is 16.6 Å². The smallest absolute Gasteiger partial charge is 0.161 e. The summed E-state index contributed by atoms with van der Waals surface area (Å²) in [5, 5.41) is 7.40. The quantitative estimate of drug-likeness (QED) is 0.647. The highest BCUT2D eigenvalue weighted by atomic mass is 79.9. The Bertz CT molecular complexity index is 495. The average Bonchev–Trinajstić information content (AvgIpc) is 2.56. The lowest BCUT2D eigenvalue weighted by molar-refractivity contribution is 0.0820. The van der Waals surface area contributed by atoms with E-state index in [-0.39, 0.29) is 22.2 Å². The van der Waals surface area contributed by atoms with E-state index in [1.165, 1.54) is 0 Å². The van der Waals surface area contributed by atoms with Crippen molar-refractivity contribution in [1.82, 2.24) is 0 Å². The third-order valence-electron chi connectivity index (χ3n) is 3.15. The second-order valence-corrected chi connectivity index (χ2v) is 5.45. The number of nitrogens with zero attached hydrogens (tertiary/aromatic N) is 1. The molecule has 1 aromatic rings. The Hall–Kier alpha value is -1.14. The number of benzene rings is 1. The molecule has 1 aromatic carbocycles. The maximum absolute atomic E-state index is 14.4. The normalized spacial score (nSPS) is 20.2. The van der Waals surface area contributed by atoms with Crippen molar-refractivity contribution in [2.45, 2.75) is 19.4 Å². The molecule has 1 atom stereocenters. The van der Waals surface area contributed by atoms with E-state index in [1.54, 1.807) is 12.1 Å². The lowest BCUT2D eigenvalue weighted by Crippen LogP contribution is -2.31. The maximum Gasteiger partial charge on any atom is 0.161 e. The summed E-state index contributed by atoms with van der Waals surface area (Å²) in [4.78, 5) is 1.97. The van der Waals surface area contributed by atoms with Gasteiger partial charge >= 0.3 is 0 Å². The van der Waals surface area contributed by atoms with Crippen LogP contribution < -0.4 is 10.6 Å². The zero-order valence-electron chi connectivity index (χ0n) is 10.7. The number of hydrogen-bond acceptors (Lipinski definition) is 3. The van der Waals surface area contributed by atoms with Crippen molar-refractivity contribution < 1.29 is 9.13 Å². The van der Waals surface area contributed by atoms with E-state index in [0.717, 1.165) is 13.0 Å². The molecular formula is C13H17BrFN3O. The Morgan fingerprint density at radius 1 is 1.58 bits per heavy atom. The molecule has 1 fully saturated rings. The fourth-order valence-electron chi connectivity index (χ4n) is 2.20. The summed E-state index contributed by atoms with van der Waals surface area (Å²) in [5.74, 6) is -0.522. The van der Waals surface area contributed by atoms with Crippen LogP contribution in [-0.2, 0) is 4.74 Å². The van der Waals surface area contributed by atoms with Gasteiger partial charge in [0.25, 0.3) is 0 Å². The van der Waals surface area contributed by atoms with Crippen molar-refractivity contribution in [2.75, 3.05) is 24.6 Å². The third kappa shape index (κ3) is 3.06. The lowest BCUT2D eigenvalue weighted by Gasteiger charge is -2.25. The summed E-state index contributed by atoms with van der Waals surface area (Å²) >= 11 is 3.18. The van der Waals surface area contributed by atoms with Crippen LogP contribution in [0.2, 0.25) is 0 Å². The number of anilines is 1. The molecule has 1 aliphatic rings. The van der Waals surface area contributed by atoms with Gasteiger partial charge in [-0.3, -0.25) is 5.41 Å². The summed E-state index contributed by atoms with van der Waals surface area (Å²) < 4.78 is 20.2. The maximum atomic E-state index is 14.4. The molecule has 0 spiro atoms. The molecule has 0 radical (unpaired) electrons. The van der Waals surface area contributed by atoms with E-state index in [2.05, 4.69) is 15.9 Å². The first kappa shape index (κ1) is 14.3. The predicted molar refractivity (Wildman–Crippen MR) is 77.4 cm³/mol. The minimum atomic E-state index is -0.373. The highest BCUT2D eigenvalue weighted by molar-refractivity contribution is 9.10. The first-order chi connectivity index (χ1) is 9.00. The van der Waals surface area contributed by atoms with Crippen molar-refractivity contribution in [3.63, 3.8) is 0 Å². The molecule has 104 valence electrons. The second-order valence-electron chi connectivity index (χ2n) is 4.65. The number of nitrogens with one attached hydrogen (secondary N) is 1. The van der Waals surface area contributed by atoms with Gasteiger partial charge in [0.15, 0.2) is 5.82 Å². The van der Waals surface area contributed by atoms with Crippen molar-refractivity contribution >= 4 is 27.5 Å². The van der Waals surface area contributed by atoms with Gasteiger partial charge in [0.2, 0.25) is 0 Å². The van der Waals surface area contributed by atoms with Gasteiger partial charge in [-0.25, -0.2) is 4.39 Å². The average molecular weight is 330 g/mol. The molecule has 19 heavy (non-hydrogen) atoms. The van der Waals surface area contributed by atoms with Gasteiger partial charge in [0, 0.05) is 25.3 Å². The number of nitrogens with two attached hydrogens (primary N) is 1. The molecule has 0 aromatic heterocycles. The van der Waals surface area contributed by atoms with Crippen molar-refractivity contribution in [3.8, 4) is 0 Å². The summed E-state index contributed by atoms with van der Waals surface area (Å²) in [6.07, 6.45) is 0.948. The second kappa shape index (κ2) is 5.88. The van der Waals surface area contributed by atoms with E-state index in [0.29, 0.717) is 24.4 Å². The zero-order valence-corrected chi connectivity index (χ0v) is 12.3. The van der Waals surface area contributed by atoms with E-state index in [9.17, 15) is 4.39 Å². The van der Waals surface area contributed by atoms with Crippen LogP contribution in [-0.4, -0.2) is 31.6 Å². The number of rotatable bonds is 2. The Morgan fingerprint density at radius 2 is 2.32 bits per heavy atom. The number of halogens is 2. The molecule has 1 unspecified atom stereocenters. The van der Waals surface area contributed by atoms with Crippen LogP contribution in [0.5, 0.6) is 0 Å². The molecule has 0 saturated carbocycles. The minimum Gasteiger partial charge on any atom is -0.384 e. The summed E-state index contributed by atoms with van der Waals surface area (Å²) in [5.41, 5.74) is 6.31. The van der Waals surface area contributed by atoms with Crippen molar-refractivity contribution in [3.05, 3.63) is 28.0 Å². The first-order valence-corrected chi connectivity index (χ1v) is 6.99. The number of amidine groups is 1. The van der Waals surface area contributed by atoms with Crippen LogP contribution in [0.3, 0.4) is 0 Å². The van der Waals surface area contributed by atoms with Crippen LogP contribution in [0.25, 0.3) is 0 Å². The fourth-order valence-corrected chi connectivity index (χ4v) is 2.75. The molecule has 0 aliphatic carbocycles. The Kier molecular flexibility index (Phi) is 4.42. The van der Waals surface area contributed by atoms with Gasteiger partial charge < -0.3 is 15.4 Å². The number of hydrogen-bond donors (Lipinski definition) is 2. The van der Waals surface area contributed by atoms with Crippen LogP contribution in [0.1, 0.15) is 18.9 Å². The molecule has 4 nitrogen and oxygen atoms in total. The Balaban J connectivity index is 2.34. The molecule has 1 saturated heterocycles.